The molecule has 33 heavy (non-hydrogen) atoms. The van der Waals surface area contributed by atoms with Crippen molar-refractivity contribution in [2.45, 2.75) is 60.8 Å². The Hall–Kier alpha value is -1.96. The fourth-order valence-electron chi connectivity index (χ4n) is 4.59. The average molecular weight is 491 g/mol. The molecule has 0 aliphatic heterocycles. The van der Waals surface area contributed by atoms with Crippen molar-refractivity contribution in [1.29, 1.82) is 0 Å². The second-order valence-corrected chi connectivity index (χ2v) is 11.6. The lowest BCUT2D eigenvalue weighted by Crippen LogP contribution is -2.55. The van der Waals surface area contributed by atoms with E-state index in [9.17, 15) is 19.8 Å². The lowest BCUT2D eigenvalue weighted by molar-refractivity contribution is -0.927. The normalized spacial score (nSPS) is 13.5. The highest BCUT2D eigenvalue weighted by atomic mass is 32.2. The fraction of sp³-hybridized carbons (Fsp3) is 0.462. The van der Waals surface area contributed by atoms with E-state index in [-0.39, 0.29) is 10.5 Å². The van der Waals surface area contributed by atoms with Gasteiger partial charge in [0.05, 0.1) is 47.8 Å². The summed E-state index contributed by atoms with van der Waals surface area (Å²) >= 11 is 3.27. The second kappa shape index (κ2) is 13.1. The summed E-state index contributed by atoms with van der Waals surface area (Å²) in [6.07, 6.45) is 2.12. The highest BCUT2D eigenvalue weighted by molar-refractivity contribution is 8.00. The number of carboxylic acid groups (broad SMARTS) is 2. The van der Waals surface area contributed by atoms with Gasteiger partial charge >= 0.3 is 11.9 Å². The molecule has 0 saturated heterocycles. The number of rotatable bonds is 14. The Morgan fingerprint density at radius 2 is 1.12 bits per heavy atom. The van der Waals surface area contributed by atoms with Crippen LogP contribution in [0.1, 0.15) is 61.3 Å². The molecular weight excluding hydrogens is 454 g/mol. The topological polar surface area (TPSA) is 74.6 Å². The highest BCUT2D eigenvalue weighted by Crippen LogP contribution is 2.32. The maximum atomic E-state index is 11.6. The van der Waals surface area contributed by atoms with Gasteiger partial charge in [-0.05, 0) is 51.0 Å². The Labute approximate surface area is 206 Å². The van der Waals surface area contributed by atoms with Gasteiger partial charge in [0.15, 0.2) is 0 Å². The van der Waals surface area contributed by atoms with Gasteiger partial charge in [-0.1, -0.05) is 38.1 Å². The first-order valence-electron chi connectivity index (χ1n) is 11.5. The Kier molecular flexibility index (Phi) is 10.8. The van der Waals surface area contributed by atoms with Gasteiger partial charge in [0.1, 0.15) is 0 Å². The summed E-state index contributed by atoms with van der Waals surface area (Å²) < 4.78 is 0.944. The Morgan fingerprint density at radius 3 is 1.45 bits per heavy atom. The van der Waals surface area contributed by atoms with Crippen LogP contribution in [0.5, 0.6) is 0 Å². The van der Waals surface area contributed by atoms with Crippen molar-refractivity contribution >= 4 is 35.5 Å². The van der Waals surface area contributed by atoms with E-state index in [0.717, 1.165) is 53.3 Å². The molecule has 0 fully saturated rings. The number of quaternary nitrogens is 1. The van der Waals surface area contributed by atoms with E-state index < -0.39 is 11.9 Å². The van der Waals surface area contributed by atoms with Crippen molar-refractivity contribution in [3.8, 4) is 0 Å². The maximum absolute atomic E-state index is 11.6. The first-order valence-corrected chi connectivity index (χ1v) is 13.3. The van der Waals surface area contributed by atoms with Gasteiger partial charge in [-0.3, -0.25) is 0 Å². The predicted octanol–water partition coefficient (Wildman–Crippen LogP) is 6.38. The number of benzene rings is 2. The summed E-state index contributed by atoms with van der Waals surface area (Å²) in [5.41, 5.74) is 0.709. The van der Waals surface area contributed by atoms with E-state index in [1.54, 1.807) is 47.8 Å². The minimum absolute atomic E-state index is 0.243. The van der Waals surface area contributed by atoms with Gasteiger partial charge in [-0.15, -0.1) is 23.5 Å². The van der Waals surface area contributed by atoms with Crippen LogP contribution in [0.3, 0.4) is 0 Å². The smallest absolute Gasteiger partial charge is 0.336 e. The lowest BCUT2D eigenvalue weighted by Gasteiger charge is -2.42. The van der Waals surface area contributed by atoms with Crippen molar-refractivity contribution in [2.24, 2.45) is 0 Å². The van der Waals surface area contributed by atoms with Crippen LogP contribution in [0.2, 0.25) is 0 Å². The molecule has 2 aromatic rings. The largest absolute Gasteiger partial charge is 0.478 e. The van der Waals surface area contributed by atoms with E-state index in [0.29, 0.717) is 11.1 Å². The molecule has 0 saturated carbocycles. The summed E-state index contributed by atoms with van der Waals surface area (Å²) in [7, 11) is 0. The minimum atomic E-state index is -0.893. The summed E-state index contributed by atoms with van der Waals surface area (Å²) in [5.74, 6) is -1.79. The molecule has 7 heteroatoms. The molecule has 2 rings (SSSR count). The maximum Gasteiger partial charge on any atom is 0.336 e. The summed E-state index contributed by atoms with van der Waals surface area (Å²) in [6, 6.07) is 14.4. The van der Waals surface area contributed by atoms with E-state index in [1.807, 2.05) is 24.3 Å². The van der Waals surface area contributed by atoms with Gasteiger partial charge in [-0.25, -0.2) is 9.59 Å². The zero-order valence-electron chi connectivity index (χ0n) is 20.0. The number of aromatic carboxylic acids is 2. The number of carboxylic acids is 2. The molecule has 180 valence electrons. The van der Waals surface area contributed by atoms with Crippen LogP contribution in [0.25, 0.3) is 0 Å². The van der Waals surface area contributed by atoms with Crippen LogP contribution in [0.4, 0.5) is 0 Å². The Bertz CT molecular complexity index is 859. The predicted molar refractivity (Wildman–Crippen MR) is 138 cm³/mol. The summed E-state index contributed by atoms with van der Waals surface area (Å²) in [4.78, 5) is 24.9. The monoisotopic (exact) mass is 490 g/mol. The van der Waals surface area contributed by atoms with Gasteiger partial charge in [0, 0.05) is 9.79 Å². The molecule has 0 bridgehead atoms. The molecule has 0 aliphatic carbocycles. The number of hydrogen-bond acceptors (Lipinski definition) is 4. The van der Waals surface area contributed by atoms with Crippen LogP contribution in [0.15, 0.2) is 58.3 Å². The summed E-state index contributed by atoms with van der Waals surface area (Å²) in [6.45, 7) is 12.7. The Balaban J connectivity index is 2.20. The molecule has 0 heterocycles. The molecule has 5 nitrogen and oxygen atoms in total. The van der Waals surface area contributed by atoms with E-state index in [1.165, 1.54) is 0 Å². The van der Waals surface area contributed by atoms with Crippen LogP contribution in [-0.2, 0) is 0 Å². The molecule has 2 unspecified atom stereocenters. The van der Waals surface area contributed by atoms with E-state index in [2.05, 4.69) is 27.7 Å². The molecular formula is C26H36NO4S2+. The van der Waals surface area contributed by atoms with Gasteiger partial charge in [0.2, 0.25) is 0 Å². The minimum Gasteiger partial charge on any atom is -0.478 e. The highest BCUT2D eigenvalue weighted by Gasteiger charge is 2.31. The number of hydrogen-bond donors (Lipinski definition) is 2. The van der Waals surface area contributed by atoms with Gasteiger partial charge < -0.3 is 14.7 Å². The van der Waals surface area contributed by atoms with Crippen LogP contribution in [-0.4, -0.2) is 63.3 Å². The quantitative estimate of drug-likeness (QED) is 0.236. The van der Waals surface area contributed by atoms with Gasteiger partial charge in [0.25, 0.3) is 0 Å². The van der Waals surface area contributed by atoms with Gasteiger partial charge in [-0.2, -0.15) is 0 Å². The molecule has 0 aromatic heterocycles. The van der Waals surface area contributed by atoms with E-state index >= 15 is 0 Å². The number of thioether (sulfide) groups is 2. The molecule has 0 spiro atoms. The van der Waals surface area contributed by atoms with Crippen molar-refractivity contribution < 1.29 is 24.3 Å². The number of carbonyl (C=O) groups is 2. The average Bonchev–Trinajstić information content (AvgIpc) is 2.74. The fourth-order valence-corrected chi connectivity index (χ4v) is 7.12. The standard InChI is InChI=1S/C26H35NO4S2/c1-5-15-27(16-6-2,17-19(3)32-23-13-9-7-11-21(23)25(28)29)18-20(4)33-24-14-10-8-12-22(24)26(30)31/h7-14,19-20H,5-6,15-18H2,1-4H3,(H-,28,29,30,31)/p+1. The van der Waals surface area contributed by atoms with Crippen molar-refractivity contribution in [1.82, 2.24) is 0 Å². The third kappa shape index (κ3) is 8.09. The molecule has 2 atom stereocenters. The van der Waals surface area contributed by atoms with Crippen LogP contribution in [0, 0.1) is 0 Å². The SMILES string of the molecule is CCC[N+](CCC)(CC(C)Sc1ccccc1C(=O)O)CC(C)Sc1ccccc1C(=O)O. The summed E-state index contributed by atoms with van der Waals surface area (Å²) in [5, 5.41) is 19.6. The van der Waals surface area contributed by atoms with E-state index in [4.69, 9.17) is 0 Å². The first kappa shape index (κ1) is 27.3. The molecule has 0 amide bonds. The van der Waals surface area contributed by atoms with Crippen molar-refractivity contribution in [2.75, 3.05) is 26.2 Å². The third-order valence-electron chi connectivity index (χ3n) is 5.58. The van der Waals surface area contributed by atoms with Crippen LogP contribution >= 0.6 is 23.5 Å². The van der Waals surface area contributed by atoms with Crippen molar-refractivity contribution in [3.63, 3.8) is 0 Å². The molecule has 2 N–H and O–H groups in total. The first-order chi connectivity index (χ1) is 15.7. The Morgan fingerprint density at radius 1 is 0.758 bits per heavy atom. The third-order valence-corrected chi connectivity index (χ3v) is 7.90. The van der Waals surface area contributed by atoms with Crippen LogP contribution < -0.4 is 0 Å². The lowest BCUT2D eigenvalue weighted by atomic mass is 10.2. The second-order valence-electron chi connectivity index (χ2n) is 8.61. The zero-order chi connectivity index (χ0) is 24.4. The molecule has 2 aromatic carbocycles. The van der Waals surface area contributed by atoms with Crippen molar-refractivity contribution in [3.05, 3.63) is 59.7 Å². The number of nitrogens with zero attached hydrogens (tertiary/aromatic N) is 1. The molecule has 0 radical (unpaired) electrons. The molecule has 0 aliphatic rings. The zero-order valence-corrected chi connectivity index (χ0v) is 21.6.